The van der Waals surface area contributed by atoms with Gasteiger partial charge in [-0.05, 0) is 6.07 Å². The Morgan fingerprint density at radius 1 is 1.50 bits per heavy atom. The lowest BCUT2D eigenvalue weighted by molar-refractivity contribution is -0.384. The van der Waals surface area contributed by atoms with Crippen molar-refractivity contribution in [3.63, 3.8) is 0 Å². The molecule has 0 aliphatic carbocycles. The van der Waals surface area contributed by atoms with Gasteiger partial charge in [0.2, 0.25) is 0 Å². The number of nitro benzene ring substituents is 1. The molecule has 0 fully saturated rings. The lowest BCUT2D eigenvalue weighted by Crippen LogP contribution is -2.07. The van der Waals surface area contributed by atoms with E-state index in [1.807, 2.05) is 14.1 Å². The molecule has 0 aromatic heterocycles. The van der Waals surface area contributed by atoms with Gasteiger partial charge in [-0.2, -0.15) is 0 Å². The maximum Gasteiger partial charge on any atom is 0.273 e. The van der Waals surface area contributed by atoms with E-state index < -0.39 is 4.92 Å². The summed E-state index contributed by atoms with van der Waals surface area (Å²) in [6, 6.07) is 4.30. The van der Waals surface area contributed by atoms with Crippen LogP contribution >= 0.6 is 0 Å². The number of nitrogens with zero attached hydrogens (tertiary/aromatic N) is 3. The van der Waals surface area contributed by atoms with Crippen molar-refractivity contribution >= 4 is 17.7 Å². The van der Waals surface area contributed by atoms with E-state index in [1.165, 1.54) is 19.2 Å². The molecule has 0 heterocycles. The highest BCUT2D eigenvalue weighted by molar-refractivity contribution is 5.66. The number of methoxy groups -OCH3 is 1. The molecule has 86 valence electrons. The zero-order chi connectivity index (χ0) is 12.1. The van der Waals surface area contributed by atoms with Gasteiger partial charge < -0.3 is 9.64 Å². The first-order chi connectivity index (χ1) is 7.54. The highest BCUT2D eigenvalue weighted by Crippen LogP contribution is 2.30. The quantitative estimate of drug-likeness (QED) is 0.338. The van der Waals surface area contributed by atoms with Crippen LogP contribution in [0.25, 0.3) is 0 Å². The van der Waals surface area contributed by atoms with Gasteiger partial charge in [0.15, 0.2) is 5.75 Å². The molecule has 0 saturated carbocycles. The summed E-state index contributed by atoms with van der Waals surface area (Å²) in [6.45, 7) is 0. The first kappa shape index (κ1) is 12.0. The summed E-state index contributed by atoms with van der Waals surface area (Å²) in [6.07, 6.45) is 1.60. The topological polar surface area (TPSA) is 68.0 Å². The van der Waals surface area contributed by atoms with Crippen molar-refractivity contribution in [1.82, 2.24) is 4.90 Å². The minimum absolute atomic E-state index is 0.0133. The van der Waals surface area contributed by atoms with Crippen molar-refractivity contribution in [2.45, 2.75) is 0 Å². The van der Waals surface area contributed by atoms with Gasteiger partial charge in [0.1, 0.15) is 5.69 Å². The fourth-order valence-electron chi connectivity index (χ4n) is 1.06. The molecule has 0 atom stereocenters. The molecular formula is C10H13N3O3. The maximum atomic E-state index is 10.5. The summed E-state index contributed by atoms with van der Waals surface area (Å²) in [5.74, 6) is 0.382. The van der Waals surface area contributed by atoms with Crippen LogP contribution in [0.2, 0.25) is 0 Å². The Hall–Kier alpha value is -2.11. The molecule has 1 aromatic rings. The zero-order valence-corrected chi connectivity index (χ0v) is 9.38. The van der Waals surface area contributed by atoms with Crippen molar-refractivity contribution < 1.29 is 9.66 Å². The maximum absolute atomic E-state index is 10.5. The third kappa shape index (κ3) is 2.94. The summed E-state index contributed by atoms with van der Waals surface area (Å²) in [5, 5.41) is 10.5. The van der Waals surface area contributed by atoms with Gasteiger partial charge in [0.25, 0.3) is 5.69 Å². The normalized spacial score (nSPS) is 10.4. The summed E-state index contributed by atoms with van der Waals surface area (Å²) >= 11 is 0. The zero-order valence-electron chi connectivity index (χ0n) is 9.38. The standard InChI is InChI=1S/C10H13N3O3/c1-12(2)7-11-9-5-4-8(13(14)15)6-10(9)16-3/h4-7H,1-3H3. The van der Waals surface area contributed by atoms with Crippen LogP contribution in [0, 0.1) is 10.1 Å². The second-order valence-corrected chi connectivity index (χ2v) is 3.32. The van der Waals surface area contributed by atoms with Crippen LogP contribution in [0.3, 0.4) is 0 Å². The first-order valence-corrected chi connectivity index (χ1v) is 4.57. The van der Waals surface area contributed by atoms with Gasteiger partial charge in [-0.25, -0.2) is 4.99 Å². The van der Waals surface area contributed by atoms with Gasteiger partial charge >= 0.3 is 0 Å². The summed E-state index contributed by atoms with van der Waals surface area (Å²) in [7, 11) is 5.12. The van der Waals surface area contributed by atoms with E-state index in [4.69, 9.17) is 4.74 Å². The Balaban J connectivity index is 3.07. The average molecular weight is 223 g/mol. The molecule has 0 unspecified atom stereocenters. The minimum Gasteiger partial charge on any atom is -0.494 e. The van der Waals surface area contributed by atoms with Crippen LogP contribution in [0.4, 0.5) is 11.4 Å². The van der Waals surface area contributed by atoms with Crippen LogP contribution in [0.15, 0.2) is 23.2 Å². The fourth-order valence-corrected chi connectivity index (χ4v) is 1.06. The Morgan fingerprint density at radius 3 is 2.69 bits per heavy atom. The van der Waals surface area contributed by atoms with E-state index in [1.54, 1.807) is 17.3 Å². The van der Waals surface area contributed by atoms with Crippen LogP contribution < -0.4 is 4.74 Å². The van der Waals surface area contributed by atoms with Crippen LogP contribution in [0.5, 0.6) is 5.75 Å². The first-order valence-electron chi connectivity index (χ1n) is 4.57. The molecule has 0 saturated heterocycles. The summed E-state index contributed by atoms with van der Waals surface area (Å²) in [4.78, 5) is 16.0. The molecule has 0 amide bonds. The molecular weight excluding hydrogens is 210 g/mol. The third-order valence-electron chi connectivity index (χ3n) is 1.80. The summed E-state index contributed by atoms with van der Waals surface area (Å²) < 4.78 is 5.03. The highest BCUT2D eigenvalue weighted by atomic mass is 16.6. The van der Waals surface area contributed by atoms with Gasteiger partial charge in [-0.15, -0.1) is 0 Å². The fraction of sp³-hybridized carbons (Fsp3) is 0.300. The Labute approximate surface area is 93.3 Å². The lowest BCUT2D eigenvalue weighted by atomic mass is 10.2. The molecule has 0 bridgehead atoms. The lowest BCUT2D eigenvalue weighted by Gasteiger charge is -2.06. The SMILES string of the molecule is COc1cc([N+](=O)[O-])ccc1N=CN(C)C. The van der Waals surface area contributed by atoms with E-state index in [0.717, 1.165) is 0 Å². The highest BCUT2D eigenvalue weighted by Gasteiger charge is 2.10. The Bertz CT molecular complexity index is 416. The van der Waals surface area contributed by atoms with E-state index >= 15 is 0 Å². The van der Waals surface area contributed by atoms with E-state index in [-0.39, 0.29) is 5.69 Å². The number of benzene rings is 1. The number of nitro groups is 1. The molecule has 6 heteroatoms. The van der Waals surface area contributed by atoms with Gasteiger partial charge in [0, 0.05) is 20.2 Å². The number of ether oxygens (including phenoxy) is 1. The summed E-state index contributed by atoms with van der Waals surface area (Å²) in [5.41, 5.74) is 0.544. The van der Waals surface area contributed by atoms with Gasteiger partial charge in [-0.3, -0.25) is 10.1 Å². The van der Waals surface area contributed by atoms with E-state index in [0.29, 0.717) is 11.4 Å². The smallest absolute Gasteiger partial charge is 0.273 e. The predicted molar refractivity (Wildman–Crippen MR) is 61.5 cm³/mol. The van der Waals surface area contributed by atoms with Crippen molar-refractivity contribution in [1.29, 1.82) is 0 Å². The van der Waals surface area contributed by atoms with Gasteiger partial charge in [-0.1, -0.05) is 0 Å². The van der Waals surface area contributed by atoms with E-state index in [2.05, 4.69) is 4.99 Å². The monoisotopic (exact) mass is 223 g/mol. The van der Waals surface area contributed by atoms with Gasteiger partial charge in [0.05, 0.1) is 24.4 Å². The van der Waals surface area contributed by atoms with Crippen molar-refractivity contribution in [3.8, 4) is 5.75 Å². The average Bonchev–Trinajstić information content (AvgIpc) is 2.25. The molecule has 0 aliphatic rings. The Kier molecular flexibility index (Phi) is 3.82. The molecule has 0 spiro atoms. The molecule has 0 N–H and O–H groups in total. The minimum atomic E-state index is -0.470. The molecule has 1 rings (SSSR count). The van der Waals surface area contributed by atoms with Crippen molar-refractivity contribution in [2.75, 3.05) is 21.2 Å². The number of non-ortho nitro benzene ring substituents is 1. The van der Waals surface area contributed by atoms with Crippen LogP contribution in [-0.2, 0) is 0 Å². The predicted octanol–water partition coefficient (Wildman–Crippen LogP) is 1.82. The molecule has 6 nitrogen and oxygen atoms in total. The third-order valence-corrected chi connectivity index (χ3v) is 1.80. The molecule has 0 radical (unpaired) electrons. The van der Waals surface area contributed by atoms with E-state index in [9.17, 15) is 10.1 Å². The van der Waals surface area contributed by atoms with Crippen LogP contribution in [0.1, 0.15) is 0 Å². The number of hydrogen-bond acceptors (Lipinski definition) is 4. The molecule has 1 aromatic carbocycles. The Morgan fingerprint density at radius 2 is 2.19 bits per heavy atom. The van der Waals surface area contributed by atoms with Crippen LogP contribution in [-0.4, -0.2) is 37.4 Å². The number of rotatable bonds is 4. The number of aliphatic imine (C=N–C) groups is 1. The molecule has 16 heavy (non-hydrogen) atoms. The van der Waals surface area contributed by atoms with Crippen molar-refractivity contribution in [3.05, 3.63) is 28.3 Å². The second-order valence-electron chi connectivity index (χ2n) is 3.32. The molecule has 0 aliphatic heterocycles. The largest absolute Gasteiger partial charge is 0.494 e. The number of hydrogen-bond donors (Lipinski definition) is 0. The second kappa shape index (κ2) is 5.11. The van der Waals surface area contributed by atoms with Crippen molar-refractivity contribution in [2.24, 2.45) is 4.99 Å².